The zero-order valence-corrected chi connectivity index (χ0v) is 12.0. The SMILES string of the molecule is CN(CC(=O)N1CCCC1)C(=O)C1(C(F)(F)F)CCNC1. The second kappa shape index (κ2) is 5.82. The third-order valence-electron chi connectivity index (χ3n) is 4.29. The van der Waals surface area contributed by atoms with E-state index >= 15 is 0 Å². The van der Waals surface area contributed by atoms with Crippen molar-refractivity contribution in [1.82, 2.24) is 15.1 Å². The lowest BCUT2D eigenvalue weighted by molar-refractivity contribution is -0.221. The minimum atomic E-state index is -4.61. The summed E-state index contributed by atoms with van der Waals surface area (Å²) in [6.45, 7) is 0.674. The highest BCUT2D eigenvalue weighted by molar-refractivity contribution is 5.89. The van der Waals surface area contributed by atoms with Gasteiger partial charge in [-0.2, -0.15) is 13.2 Å². The van der Waals surface area contributed by atoms with Crippen LogP contribution in [0.5, 0.6) is 0 Å². The van der Waals surface area contributed by atoms with E-state index < -0.39 is 24.0 Å². The van der Waals surface area contributed by atoms with E-state index in [2.05, 4.69) is 5.32 Å². The molecule has 21 heavy (non-hydrogen) atoms. The van der Waals surface area contributed by atoms with Gasteiger partial charge in [-0.3, -0.25) is 9.59 Å². The Hall–Kier alpha value is -1.31. The van der Waals surface area contributed by atoms with Crippen molar-refractivity contribution in [2.45, 2.75) is 25.4 Å². The van der Waals surface area contributed by atoms with Crippen LogP contribution in [0.25, 0.3) is 0 Å². The van der Waals surface area contributed by atoms with Crippen molar-refractivity contribution in [3.05, 3.63) is 0 Å². The van der Waals surface area contributed by atoms with Crippen LogP contribution in [0.15, 0.2) is 0 Å². The van der Waals surface area contributed by atoms with Crippen molar-refractivity contribution in [3.8, 4) is 0 Å². The quantitative estimate of drug-likeness (QED) is 0.831. The van der Waals surface area contributed by atoms with Crippen molar-refractivity contribution in [1.29, 1.82) is 0 Å². The Morgan fingerprint density at radius 2 is 1.90 bits per heavy atom. The summed E-state index contributed by atoms with van der Waals surface area (Å²) in [7, 11) is 1.27. The maximum atomic E-state index is 13.3. The van der Waals surface area contributed by atoms with Crippen LogP contribution in [0.3, 0.4) is 0 Å². The lowest BCUT2D eigenvalue weighted by atomic mass is 9.84. The van der Waals surface area contributed by atoms with E-state index in [0.29, 0.717) is 13.1 Å². The van der Waals surface area contributed by atoms with E-state index in [9.17, 15) is 22.8 Å². The Labute approximate surface area is 121 Å². The summed E-state index contributed by atoms with van der Waals surface area (Å²) in [5, 5.41) is 2.60. The average molecular weight is 307 g/mol. The van der Waals surface area contributed by atoms with E-state index in [4.69, 9.17) is 0 Å². The van der Waals surface area contributed by atoms with Crippen molar-refractivity contribution in [3.63, 3.8) is 0 Å². The standard InChI is InChI=1S/C13H20F3N3O2/c1-18(8-10(20)19-6-2-3-7-19)11(21)12(13(14,15)16)4-5-17-9-12/h17H,2-9H2,1H3. The number of hydrogen-bond donors (Lipinski definition) is 1. The lowest BCUT2D eigenvalue weighted by Crippen LogP contribution is -2.54. The zero-order chi connectivity index (χ0) is 15.7. The molecule has 2 aliphatic heterocycles. The largest absolute Gasteiger partial charge is 0.404 e. The molecule has 1 unspecified atom stereocenters. The molecule has 0 spiro atoms. The fraction of sp³-hybridized carbons (Fsp3) is 0.846. The molecule has 2 amide bonds. The second-order valence-electron chi connectivity index (χ2n) is 5.76. The molecule has 2 aliphatic rings. The molecule has 8 heteroatoms. The molecule has 1 atom stereocenters. The molecule has 0 aromatic carbocycles. The predicted octanol–water partition coefficient (Wildman–Crippen LogP) is 0.609. The summed E-state index contributed by atoms with van der Waals surface area (Å²) in [6.07, 6.45) is -3.09. The summed E-state index contributed by atoms with van der Waals surface area (Å²) >= 11 is 0. The molecule has 5 nitrogen and oxygen atoms in total. The zero-order valence-electron chi connectivity index (χ0n) is 12.0. The monoisotopic (exact) mass is 307 g/mol. The van der Waals surface area contributed by atoms with Gasteiger partial charge in [0.05, 0.1) is 6.54 Å². The maximum absolute atomic E-state index is 13.3. The number of rotatable bonds is 3. The third-order valence-corrected chi connectivity index (χ3v) is 4.29. The number of nitrogens with zero attached hydrogens (tertiary/aromatic N) is 2. The highest BCUT2D eigenvalue weighted by Gasteiger charge is 2.62. The number of carbonyl (C=O) groups excluding carboxylic acids is 2. The molecule has 2 saturated heterocycles. The molecule has 2 heterocycles. The number of amides is 2. The van der Waals surface area contributed by atoms with E-state index in [0.717, 1.165) is 17.7 Å². The number of alkyl halides is 3. The summed E-state index contributed by atoms with van der Waals surface area (Å²) in [5.41, 5.74) is -2.40. The molecule has 2 rings (SSSR count). The third kappa shape index (κ3) is 3.00. The smallest absolute Gasteiger partial charge is 0.341 e. The van der Waals surface area contributed by atoms with Gasteiger partial charge >= 0.3 is 6.18 Å². The molecule has 0 radical (unpaired) electrons. The first-order chi connectivity index (χ1) is 9.78. The number of hydrogen-bond acceptors (Lipinski definition) is 3. The predicted molar refractivity (Wildman–Crippen MR) is 69.4 cm³/mol. The number of likely N-dealkylation sites (N-methyl/N-ethyl adjacent to an activating group) is 1. The molecule has 0 aromatic heterocycles. The van der Waals surface area contributed by atoms with Gasteiger partial charge in [-0.05, 0) is 25.8 Å². The van der Waals surface area contributed by atoms with Gasteiger partial charge in [-0.25, -0.2) is 0 Å². The number of halogens is 3. The van der Waals surface area contributed by atoms with Crippen molar-refractivity contribution >= 4 is 11.8 Å². The van der Waals surface area contributed by atoms with Crippen LogP contribution in [0, 0.1) is 5.41 Å². The molecular weight excluding hydrogens is 287 g/mol. The van der Waals surface area contributed by atoms with Gasteiger partial charge in [0, 0.05) is 26.7 Å². The van der Waals surface area contributed by atoms with E-state index in [1.807, 2.05) is 0 Å². The van der Waals surface area contributed by atoms with Crippen LogP contribution in [-0.4, -0.2) is 67.6 Å². The molecule has 0 bridgehead atoms. The van der Waals surface area contributed by atoms with Crippen molar-refractivity contribution < 1.29 is 22.8 Å². The number of nitrogens with one attached hydrogen (secondary N) is 1. The Morgan fingerprint density at radius 3 is 2.38 bits per heavy atom. The number of likely N-dealkylation sites (tertiary alicyclic amines) is 1. The van der Waals surface area contributed by atoms with Crippen LogP contribution in [-0.2, 0) is 9.59 Å². The highest BCUT2D eigenvalue weighted by atomic mass is 19.4. The second-order valence-corrected chi connectivity index (χ2v) is 5.76. The normalized spacial score (nSPS) is 26.2. The van der Waals surface area contributed by atoms with Crippen LogP contribution in [0.4, 0.5) is 13.2 Å². The lowest BCUT2D eigenvalue weighted by Gasteiger charge is -2.33. The summed E-state index contributed by atoms with van der Waals surface area (Å²) in [4.78, 5) is 26.7. The first kappa shape index (κ1) is 16.1. The van der Waals surface area contributed by atoms with Crippen molar-refractivity contribution in [2.75, 3.05) is 39.8 Å². The van der Waals surface area contributed by atoms with E-state index in [1.165, 1.54) is 7.05 Å². The van der Waals surface area contributed by atoms with Gasteiger partial charge in [0.15, 0.2) is 5.41 Å². The molecule has 1 N–H and O–H groups in total. The fourth-order valence-electron chi connectivity index (χ4n) is 2.94. The fourth-order valence-corrected chi connectivity index (χ4v) is 2.94. The molecule has 0 aromatic rings. The van der Waals surface area contributed by atoms with Gasteiger partial charge in [0.25, 0.3) is 0 Å². The highest BCUT2D eigenvalue weighted by Crippen LogP contribution is 2.44. The Kier molecular flexibility index (Phi) is 4.46. The van der Waals surface area contributed by atoms with Crippen LogP contribution in [0.2, 0.25) is 0 Å². The van der Waals surface area contributed by atoms with E-state index in [-0.39, 0.29) is 25.4 Å². The van der Waals surface area contributed by atoms with Gasteiger partial charge in [0.2, 0.25) is 11.8 Å². The van der Waals surface area contributed by atoms with E-state index in [1.54, 1.807) is 4.90 Å². The minimum Gasteiger partial charge on any atom is -0.341 e. The summed E-state index contributed by atoms with van der Waals surface area (Å²) < 4.78 is 39.8. The number of carbonyl (C=O) groups is 2. The van der Waals surface area contributed by atoms with Gasteiger partial charge in [-0.15, -0.1) is 0 Å². The molecule has 0 saturated carbocycles. The molecular formula is C13H20F3N3O2. The molecule has 120 valence electrons. The molecule has 0 aliphatic carbocycles. The summed E-state index contributed by atoms with van der Waals surface area (Å²) in [5.74, 6) is -1.31. The van der Waals surface area contributed by atoms with Gasteiger partial charge in [0.1, 0.15) is 0 Å². The van der Waals surface area contributed by atoms with Crippen molar-refractivity contribution in [2.24, 2.45) is 5.41 Å². The Morgan fingerprint density at radius 1 is 1.29 bits per heavy atom. The maximum Gasteiger partial charge on any atom is 0.404 e. The van der Waals surface area contributed by atoms with Crippen LogP contribution in [0.1, 0.15) is 19.3 Å². The first-order valence-corrected chi connectivity index (χ1v) is 7.09. The van der Waals surface area contributed by atoms with Gasteiger partial charge in [-0.1, -0.05) is 0 Å². The van der Waals surface area contributed by atoms with Gasteiger partial charge < -0.3 is 15.1 Å². The topological polar surface area (TPSA) is 52.7 Å². The first-order valence-electron chi connectivity index (χ1n) is 7.09. The average Bonchev–Trinajstić information content (AvgIpc) is 3.08. The molecule has 2 fully saturated rings. The van der Waals surface area contributed by atoms with Crippen LogP contribution >= 0.6 is 0 Å². The Bertz CT molecular complexity index is 413. The van der Waals surface area contributed by atoms with Crippen LogP contribution < -0.4 is 5.32 Å². The summed E-state index contributed by atoms with van der Waals surface area (Å²) in [6, 6.07) is 0. The Balaban J connectivity index is 2.05. The minimum absolute atomic E-state index is 0.152.